The van der Waals surface area contributed by atoms with E-state index in [0.717, 1.165) is 28.0 Å². The van der Waals surface area contributed by atoms with Gasteiger partial charge in [0.05, 0.1) is 7.11 Å². The van der Waals surface area contributed by atoms with E-state index in [1.54, 1.807) is 26.2 Å². The van der Waals surface area contributed by atoms with Crippen molar-refractivity contribution in [3.05, 3.63) is 95.3 Å². The molecule has 0 aliphatic carbocycles. The molecule has 184 valence electrons. The van der Waals surface area contributed by atoms with E-state index in [1.807, 2.05) is 55.5 Å². The van der Waals surface area contributed by atoms with Crippen molar-refractivity contribution in [2.75, 3.05) is 7.11 Å². The Kier molecular flexibility index (Phi) is 8.50. The zero-order chi connectivity index (χ0) is 25.6. The number of carbonyl (C=O) groups is 1. The third kappa shape index (κ3) is 6.82. The molecule has 4 heteroatoms. The maximum atomic E-state index is 14.9. The molecule has 0 heterocycles. The van der Waals surface area contributed by atoms with Crippen LogP contribution >= 0.6 is 0 Å². The Balaban J connectivity index is 1.85. The van der Waals surface area contributed by atoms with Crippen molar-refractivity contribution in [2.24, 2.45) is 0 Å². The molecule has 0 saturated carbocycles. The molecule has 35 heavy (non-hydrogen) atoms. The van der Waals surface area contributed by atoms with Gasteiger partial charge in [-0.1, -0.05) is 57.2 Å². The van der Waals surface area contributed by atoms with Gasteiger partial charge in [-0.15, -0.1) is 0 Å². The Bertz CT molecular complexity index is 1190. The van der Waals surface area contributed by atoms with Gasteiger partial charge in [-0.25, -0.2) is 4.39 Å². The number of benzene rings is 3. The number of hydrogen-bond donors (Lipinski definition) is 0. The van der Waals surface area contributed by atoms with Crippen molar-refractivity contribution in [1.29, 1.82) is 0 Å². The fraction of sp³-hybridized carbons (Fsp3) is 0.323. The van der Waals surface area contributed by atoms with Crippen LogP contribution in [0.25, 0.3) is 11.1 Å². The van der Waals surface area contributed by atoms with Gasteiger partial charge in [0.15, 0.2) is 0 Å². The van der Waals surface area contributed by atoms with E-state index in [2.05, 4.69) is 26.8 Å². The van der Waals surface area contributed by atoms with Crippen molar-refractivity contribution < 1.29 is 18.7 Å². The minimum absolute atomic E-state index is 0.0665. The highest BCUT2D eigenvalue weighted by Gasteiger charge is 2.21. The summed E-state index contributed by atoms with van der Waals surface area (Å²) in [5, 5.41) is 0. The summed E-state index contributed by atoms with van der Waals surface area (Å²) in [5.41, 5.74) is 4.27. The molecule has 3 aromatic rings. The normalized spacial score (nSPS) is 12.5. The Morgan fingerprint density at radius 1 is 0.971 bits per heavy atom. The van der Waals surface area contributed by atoms with Gasteiger partial charge >= 0.3 is 0 Å². The number of ether oxygens (including phenoxy) is 2. The molecular weight excluding hydrogens is 439 g/mol. The monoisotopic (exact) mass is 474 g/mol. The molecule has 1 atom stereocenters. The average molecular weight is 475 g/mol. The standard InChI is InChI=1S/C31H35FO3/c1-7-8-24(17-21(2)33)23-10-12-25(13-11-23)35-20-22-9-15-29(31(3,4)5)27(18-22)28-19-26(34-6)14-16-30(28)32/h7-16,18-19,24H,17,20H2,1-6H3/b8-7-/t24-/m1/s1. The Hall–Kier alpha value is -3.40. The second-order valence-corrected chi connectivity index (χ2v) is 9.87. The zero-order valence-corrected chi connectivity index (χ0v) is 21.5. The summed E-state index contributed by atoms with van der Waals surface area (Å²) in [6.07, 6.45) is 4.50. The predicted octanol–water partition coefficient (Wildman–Crippen LogP) is 8.02. The number of methoxy groups -OCH3 is 1. The van der Waals surface area contributed by atoms with Gasteiger partial charge in [0, 0.05) is 17.9 Å². The topological polar surface area (TPSA) is 35.5 Å². The van der Waals surface area contributed by atoms with Crippen molar-refractivity contribution >= 4 is 5.78 Å². The molecular formula is C31H35FO3. The van der Waals surface area contributed by atoms with Crippen LogP contribution in [0, 0.1) is 5.82 Å². The molecule has 0 aromatic heterocycles. The molecule has 0 radical (unpaired) electrons. The first-order chi connectivity index (χ1) is 16.6. The smallest absolute Gasteiger partial charge is 0.131 e. The van der Waals surface area contributed by atoms with E-state index in [4.69, 9.17) is 9.47 Å². The SMILES string of the molecule is C/C=C\[C@H](CC(C)=O)c1ccc(OCc2ccc(C(C)(C)C)c(-c3cc(OC)ccc3F)c2)cc1. The van der Waals surface area contributed by atoms with Gasteiger partial charge in [-0.3, -0.25) is 4.79 Å². The van der Waals surface area contributed by atoms with E-state index >= 15 is 0 Å². The maximum absolute atomic E-state index is 14.9. The number of rotatable bonds is 9. The van der Waals surface area contributed by atoms with Gasteiger partial charge in [0.2, 0.25) is 0 Å². The minimum Gasteiger partial charge on any atom is -0.497 e. The quantitative estimate of drug-likeness (QED) is 0.295. The molecule has 0 N–H and O–H groups in total. The van der Waals surface area contributed by atoms with Crippen LogP contribution in [0.4, 0.5) is 4.39 Å². The van der Waals surface area contributed by atoms with E-state index in [-0.39, 0.29) is 22.9 Å². The largest absolute Gasteiger partial charge is 0.497 e. The highest BCUT2D eigenvalue weighted by molar-refractivity contribution is 5.76. The molecule has 0 unspecified atom stereocenters. The first-order valence-corrected chi connectivity index (χ1v) is 11.9. The highest BCUT2D eigenvalue weighted by Crippen LogP contribution is 2.37. The lowest BCUT2D eigenvalue weighted by molar-refractivity contribution is -0.117. The number of halogens is 1. The fourth-order valence-electron chi connectivity index (χ4n) is 4.21. The Morgan fingerprint density at radius 3 is 2.26 bits per heavy atom. The van der Waals surface area contributed by atoms with Crippen LogP contribution in [0.3, 0.4) is 0 Å². The Morgan fingerprint density at radius 2 is 1.66 bits per heavy atom. The van der Waals surface area contributed by atoms with Gasteiger partial charge < -0.3 is 9.47 Å². The summed E-state index contributed by atoms with van der Waals surface area (Å²) in [4.78, 5) is 11.6. The lowest BCUT2D eigenvalue weighted by atomic mass is 9.81. The Labute approximate surface area is 208 Å². The highest BCUT2D eigenvalue weighted by atomic mass is 19.1. The summed E-state index contributed by atoms with van der Waals surface area (Å²) >= 11 is 0. The van der Waals surface area contributed by atoms with E-state index in [0.29, 0.717) is 24.3 Å². The molecule has 3 nitrogen and oxygen atoms in total. The van der Waals surface area contributed by atoms with E-state index in [1.165, 1.54) is 6.07 Å². The lowest BCUT2D eigenvalue weighted by Gasteiger charge is -2.24. The van der Waals surface area contributed by atoms with Gasteiger partial charge in [-0.05, 0) is 77.9 Å². The van der Waals surface area contributed by atoms with E-state index in [9.17, 15) is 9.18 Å². The van der Waals surface area contributed by atoms with Crippen LogP contribution in [0.5, 0.6) is 11.5 Å². The van der Waals surface area contributed by atoms with Gasteiger partial charge in [0.25, 0.3) is 0 Å². The summed E-state index contributed by atoms with van der Waals surface area (Å²) in [6, 6.07) is 18.8. The molecule has 0 amide bonds. The zero-order valence-electron chi connectivity index (χ0n) is 21.5. The fourth-order valence-corrected chi connectivity index (χ4v) is 4.21. The van der Waals surface area contributed by atoms with Crippen LogP contribution in [0.15, 0.2) is 72.8 Å². The molecule has 3 rings (SSSR count). The predicted molar refractivity (Wildman–Crippen MR) is 141 cm³/mol. The first kappa shape index (κ1) is 26.2. The average Bonchev–Trinajstić information content (AvgIpc) is 2.82. The van der Waals surface area contributed by atoms with Gasteiger partial charge in [0.1, 0.15) is 29.7 Å². The van der Waals surface area contributed by atoms with Crippen molar-refractivity contribution in [2.45, 2.75) is 59.0 Å². The van der Waals surface area contributed by atoms with E-state index < -0.39 is 0 Å². The molecule has 0 aliphatic heterocycles. The molecule has 0 bridgehead atoms. The third-order valence-corrected chi connectivity index (χ3v) is 6.00. The number of Topliss-reactive ketones (excluding diaryl/α,β-unsaturated/α-hetero) is 1. The third-order valence-electron chi connectivity index (χ3n) is 6.00. The summed E-state index contributed by atoms with van der Waals surface area (Å²) in [5.74, 6) is 1.30. The number of hydrogen-bond acceptors (Lipinski definition) is 3. The van der Waals surface area contributed by atoms with Crippen molar-refractivity contribution in [3.8, 4) is 22.6 Å². The second-order valence-electron chi connectivity index (χ2n) is 9.87. The molecule has 3 aromatic carbocycles. The lowest BCUT2D eigenvalue weighted by Crippen LogP contribution is -2.13. The minimum atomic E-state index is -0.286. The van der Waals surface area contributed by atoms with Crippen LogP contribution in [-0.2, 0) is 16.8 Å². The van der Waals surface area contributed by atoms with Crippen LogP contribution in [0.2, 0.25) is 0 Å². The van der Waals surface area contributed by atoms with Crippen molar-refractivity contribution in [3.63, 3.8) is 0 Å². The van der Waals surface area contributed by atoms with Crippen LogP contribution in [0.1, 0.15) is 63.6 Å². The first-order valence-electron chi connectivity index (χ1n) is 11.9. The number of allylic oxidation sites excluding steroid dienone is 2. The molecule has 0 aliphatic rings. The molecule has 0 fully saturated rings. The second kappa shape index (κ2) is 11.4. The van der Waals surface area contributed by atoms with Crippen LogP contribution in [-0.4, -0.2) is 12.9 Å². The van der Waals surface area contributed by atoms with Crippen molar-refractivity contribution in [1.82, 2.24) is 0 Å². The number of carbonyl (C=O) groups excluding carboxylic acids is 1. The van der Waals surface area contributed by atoms with Gasteiger partial charge in [-0.2, -0.15) is 0 Å². The summed E-state index contributed by atoms with van der Waals surface area (Å²) < 4.78 is 26.3. The summed E-state index contributed by atoms with van der Waals surface area (Å²) in [6.45, 7) is 10.3. The molecule has 0 spiro atoms. The van der Waals surface area contributed by atoms with Crippen LogP contribution < -0.4 is 9.47 Å². The number of ketones is 1. The maximum Gasteiger partial charge on any atom is 0.131 e. The summed E-state index contributed by atoms with van der Waals surface area (Å²) in [7, 11) is 1.58. The molecule has 0 saturated heterocycles.